The monoisotopic (exact) mass is 224 g/mol. The zero-order valence-electron chi connectivity index (χ0n) is 9.42. The van der Waals surface area contributed by atoms with Gasteiger partial charge in [0.25, 0.3) is 5.91 Å². The normalized spacial score (nSPS) is 15.8. The molecule has 2 atom stereocenters. The van der Waals surface area contributed by atoms with Gasteiger partial charge in [0.2, 0.25) is 12.3 Å². The Morgan fingerprint density at radius 2 is 2.44 bits per heavy atom. The van der Waals surface area contributed by atoms with E-state index in [1.54, 1.807) is 12.1 Å². The molecule has 1 heterocycles. The Kier molecular flexibility index (Phi) is 4.10. The van der Waals surface area contributed by atoms with E-state index in [0.29, 0.717) is 16.9 Å². The predicted octanol–water partition coefficient (Wildman–Crippen LogP) is 1.11. The molecular weight excluding hydrogens is 208 g/mol. The van der Waals surface area contributed by atoms with Crippen LogP contribution in [-0.4, -0.2) is 22.9 Å². The Hall–Kier alpha value is -1.78. The van der Waals surface area contributed by atoms with Crippen LogP contribution in [0.3, 0.4) is 0 Å². The van der Waals surface area contributed by atoms with Crippen molar-refractivity contribution >= 4 is 12.1 Å². The average Bonchev–Trinajstić information content (AvgIpc) is 2.69. The summed E-state index contributed by atoms with van der Waals surface area (Å²) in [7, 11) is 0. The minimum absolute atomic E-state index is 0.0961. The Morgan fingerprint density at radius 3 is 2.88 bits per heavy atom. The van der Waals surface area contributed by atoms with Gasteiger partial charge in [-0.15, -0.1) is 0 Å². The van der Waals surface area contributed by atoms with Gasteiger partial charge in [-0.25, -0.2) is 0 Å². The summed E-state index contributed by atoms with van der Waals surface area (Å²) >= 11 is 0. The van der Waals surface area contributed by atoms with E-state index in [-0.39, 0.29) is 5.92 Å². The molecule has 1 amide bonds. The molecule has 2 unspecified atom stereocenters. The molecule has 0 spiro atoms. The third kappa shape index (κ3) is 2.85. The summed E-state index contributed by atoms with van der Waals surface area (Å²) in [5.41, 5.74) is 5.21. The fourth-order valence-corrected chi connectivity index (χ4v) is 1.45. The first-order valence-corrected chi connectivity index (χ1v) is 5.19. The van der Waals surface area contributed by atoms with E-state index in [2.05, 4.69) is 0 Å². The topological polar surface area (TPSA) is 82.3 Å². The Morgan fingerprint density at radius 1 is 1.75 bits per heavy atom. The number of carbonyl (C=O) groups excluding carboxylic acids is 1. The van der Waals surface area contributed by atoms with Crippen LogP contribution >= 0.6 is 0 Å². The molecule has 1 aromatic rings. The van der Waals surface area contributed by atoms with Gasteiger partial charge in [-0.1, -0.05) is 13.8 Å². The summed E-state index contributed by atoms with van der Waals surface area (Å²) in [6.45, 7) is 3.72. The smallest absolute Gasteiger partial charge is 0.287 e. The maximum Gasteiger partial charge on any atom is 0.287 e. The maximum atomic E-state index is 11.8. The second-order valence-corrected chi connectivity index (χ2v) is 3.74. The zero-order valence-corrected chi connectivity index (χ0v) is 9.42. The summed E-state index contributed by atoms with van der Waals surface area (Å²) in [4.78, 5) is 11.2. The molecule has 5 heteroatoms. The molecule has 5 nitrogen and oxygen atoms in total. The molecule has 0 fully saturated rings. The Labute approximate surface area is 94.1 Å². The van der Waals surface area contributed by atoms with Crippen molar-refractivity contribution in [3.63, 3.8) is 0 Å². The second kappa shape index (κ2) is 5.34. The third-order valence-corrected chi connectivity index (χ3v) is 2.55. The molecular formula is C11H16N2O3. The second-order valence-electron chi connectivity index (χ2n) is 3.74. The van der Waals surface area contributed by atoms with Crippen LogP contribution in [0.4, 0.5) is 0 Å². The molecule has 0 aromatic carbocycles. The van der Waals surface area contributed by atoms with Crippen LogP contribution in [0, 0.1) is 11.1 Å². The quantitative estimate of drug-likeness (QED) is 0.352. The molecule has 0 saturated carbocycles. The lowest BCUT2D eigenvalue weighted by Gasteiger charge is -2.18. The van der Waals surface area contributed by atoms with Gasteiger partial charge in [0.05, 0.1) is 6.26 Å². The predicted molar refractivity (Wildman–Crippen MR) is 59.9 cm³/mol. The van der Waals surface area contributed by atoms with Crippen LogP contribution in [0.25, 0.3) is 0 Å². The molecule has 0 radical (unpaired) electrons. The van der Waals surface area contributed by atoms with Gasteiger partial charge in [-0.2, -0.15) is 4.74 Å². The molecule has 1 rings (SSSR count). The molecule has 88 valence electrons. The summed E-state index contributed by atoms with van der Waals surface area (Å²) < 4.78 is 5.56. The van der Waals surface area contributed by atoms with Crippen LogP contribution in [0.5, 0.6) is 0 Å². The standard InChI is InChI=1S/C11H16N2O3/c1-3-8(2)10(11(12)14)13(15)7-9-5-4-6-16-9/h4-8,10H,3H2,1-2H3,(H2,12,14)/b13-7-. The largest absolute Gasteiger partial charge is 0.623 e. The zero-order chi connectivity index (χ0) is 12.1. The SMILES string of the molecule is CCC(C)C(C(N)=O)/[N+]([O-])=C/c1ccco1. The van der Waals surface area contributed by atoms with Gasteiger partial charge in [0, 0.05) is 5.92 Å². The van der Waals surface area contributed by atoms with E-state index in [9.17, 15) is 10.0 Å². The number of carbonyl (C=O) groups is 1. The molecule has 16 heavy (non-hydrogen) atoms. The van der Waals surface area contributed by atoms with Crippen molar-refractivity contribution in [3.8, 4) is 0 Å². The maximum absolute atomic E-state index is 11.8. The van der Waals surface area contributed by atoms with Gasteiger partial charge in [-0.3, -0.25) is 4.79 Å². The number of amides is 1. The first kappa shape index (κ1) is 12.3. The highest BCUT2D eigenvalue weighted by Crippen LogP contribution is 2.10. The molecule has 0 aliphatic carbocycles. The molecule has 2 N–H and O–H groups in total. The average molecular weight is 224 g/mol. The van der Waals surface area contributed by atoms with Crippen molar-refractivity contribution < 1.29 is 14.0 Å². The van der Waals surface area contributed by atoms with Gasteiger partial charge in [0.1, 0.15) is 0 Å². The van der Waals surface area contributed by atoms with Gasteiger partial charge in [0.15, 0.2) is 5.76 Å². The Bertz CT molecular complexity index is 371. The number of hydrogen-bond donors (Lipinski definition) is 1. The molecule has 0 bridgehead atoms. The summed E-state index contributed by atoms with van der Waals surface area (Å²) in [6.07, 6.45) is 3.40. The first-order chi connectivity index (χ1) is 7.56. The van der Waals surface area contributed by atoms with E-state index in [4.69, 9.17) is 10.2 Å². The Balaban J connectivity index is 2.91. The fraction of sp³-hybridized carbons (Fsp3) is 0.455. The van der Waals surface area contributed by atoms with Crippen LogP contribution < -0.4 is 5.73 Å². The highest BCUT2D eigenvalue weighted by atomic mass is 16.5. The minimum atomic E-state index is -0.852. The van der Waals surface area contributed by atoms with Crippen LogP contribution in [0.1, 0.15) is 26.0 Å². The van der Waals surface area contributed by atoms with Gasteiger partial charge < -0.3 is 15.4 Å². The molecule has 1 aromatic heterocycles. The van der Waals surface area contributed by atoms with E-state index in [0.717, 1.165) is 0 Å². The minimum Gasteiger partial charge on any atom is -0.623 e. The fourth-order valence-electron chi connectivity index (χ4n) is 1.45. The number of nitrogens with zero attached hydrogens (tertiary/aromatic N) is 1. The lowest BCUT2D eigenvalue weighted by atomic mass is 9.99. The number of nitrogens with two attached hydrogens (primary N) is 1. The van der Waals surface area contributed by atoms with E-state index in [1.807, 2.05) is 13.8 Å². The first-order valence-electron chi connectivity index (χ1n) is 5.19. The molecule has 0 aliphatic rings. The lowest BCUT2D eigenvalue weighted by Crippen LogP contribution is -2.41. The number of furan rings is 1. The van der Waals surface area contributed by atoms with Crippen LogP contribution in [0.15, 0.2) is 22.8 Å². The summed E-state index contributed by atoms with van der Waals surface area (Å²) in [5.74, 6) is -0.307. The van der Waals surface area contributed by atoms with Crippen molar-refractivity contribution in [3.05, 3.63) is 29.4 Å². The highest BCUT2D eigenvalue weighted by Gasteiger charge is 2.29. The van der Waals surface area contributed by atoms with E-state index >= 15 is 0 Å². The third-order valence-electron chi connectivity index (χ3n) is 2.55. The number of rotatable bonds is 5. The van der Waals surface area contributed by atoms with Crippen molar-refractivity contribution in [1.82, 2.24) is 0 Å². The van der Waals surface area contributed by atoms with Crippen molar-refractivity contribution in [2.75, 3.05) is 0 Å². The van der Waals surface area contributed by atoms with E-state index in [1.165, 1.54) is 12.5 Å². The highest BCUT2D eigenvalue weighted by molar-refractivity contribution is 5.80. The summed E-state index contributed by atoms with van der Waals surface area (Å²) in [5, 5.41) is 11.8. The molecule has 0 aliphatic heterocycles. The number of hydrogen-bond acceptors (Lipinski definition) is 3. The van der Waals surface area contributed by atoms with Crippen molar-refractivity contribution in [2.24, 2.45) is 11.7 Å². The van der Waals surface area contributed by atoms with Crippen LogP contribution in [0.2, 0.25) is 0 Å². The van der Waals surface area contributed by atoms with Gasteiger partial charge in [-0.05, 0) is 18.6 Å². The number of hydroxylamine groups is 1. The van der Waals surface area contributed by atoms with Gasteiger partial charge >= 0.3 is 0 Å². The molecule has 0 saturated heterocycles. The summed E-state index contributed by atoms with van der Waals surface area (Å²) in [6, 6.07) is 2.46. The number of primary amides is 1. The van der Waals surface area contributed by atoms with Crippen molar-refractivity contribution in [1.29, 1.82) is 0 Å². The van der Waals surface area contributed by atoms with Crippen LogP contribution in [-0.2, 0) is 4.79 Å². The lowest BCUT2D eigenvalue weighted by molar-refractivity contribution is -0.490. The van der Waals surface area contributed by atoms with E-state index < -0.39 is 11.9 Å². The van der Waals surface area contributed by atoms with Crippen molar-refractivity contribution in [2.45, 2.75) is 26.3 Å².